The van der Waals surface area contributed by atoms with Crippen molar-refractivity contribution in [3.63, 3.8) is 0 Å². The van der Waals surface area contributed by atoms with Crippen LogP contribution in [0.15, 0.2) is 85.1 Å². The van der Waals surface area contributed by atoms with Crippen molar-refractivity contribution in [1.82, 2.24) is 0 Å². The third-order valence-corrected chi connectivity index (χ3v) is 19.7. The molecule has 0 aliphatic carbocycles. The van der Waals surface area contributed by atoms with Crippen molar-refractivity contribution in [3.05, 3.63) is 85.1 Å². The van der Waals surface area contributed by atoms with E-state index >= 15 is 0 Å². The fourth-order valence-corrected chi connectivity index (χ4v) is 13.0. The summed E-state index contributed by atoms with van der Waals surface area (Å²) in [7, 11) is -9.98. The molecule has 604 valence electrons. The molecule has 0 rings (SSSR count). The van der Waals surface area contributed by atoms with Crippen LogP contribution < -0.4 is 0 Å². The van der Waals surface area contributed by atoms with Crippen molar-refractivity contribution in [1.29, 1.82) is 0 Å². The van der Waals surface area contributed by atoms with E-state index < -0.39 is 97.5 Å². The Morgan fingerprint density at radius 2 is 0.490 bits per heavy atom. The average molecular weight is 1510 g/mol. The molecule has 0 aromatic carbocycles. The smallest absolute Gasteiger partial charge is 0.462 e. The molecule has 0 saturated heterocycles. The average Bonchev–Trinajstić information content (AvgIpc) is 0.943. The first-order valence-corrected chi connectivity index (χ1v) is 44.8. The van der Waals surface area contributed by atoms with Gasteiger partial charge in [0.05, 0.1) is 26.4 Å². The normalized spacial score (nSPS) is 14.3. The number of phosphoric acid groups is 2. The SMILES string of the molecule is CCCCC/C=C\C/C=C\C/C=C\C/C=C\C/C=C\CCC(=O)O[C@H](COC(=O)CCCCCCC/C=C\CCCCCCCC)COP(=O)(O)OC[C@@H](O)COP(=O)(O)OC[C@@H](COC(=O)CCCCCCCCCCCCCCCCC)OC(=O)CCCCCCC/C=C\CCCCCCCC. The van der Waals surface area contributed by atoms with Gasteiger partial charge < -0.3 is 33.8 Å². The highest BCUT2D eigenvalue weighted by Gasteiger charge is 2.30. The summed E-state index contributed by atoms with van der Waals surface area (Å²) in [5, 5.41) is 10.7. The molecule has 0 aromatic heterocycles. The van der Waals surface area contributed by atoms with Gasteiger partial charge in [-0.15, -0.1) is 0 Å². The van der Waals surface area contributed by atoms with Crippen LogP contribution in [0.3, 0.4) is 0 Å². The molecule has 0 spiro atoms. The summed E-state index contributed by atoms with van der Waals surface area (Å²) in [6, 6.07) is 0. The van der Waals surface area contributed by atoms with Gasteiger partial charge in [-0.1, -0.05) is 318 Å². The molecule has 104 heavy (non-hydrogen) atoms. The van der Waals surface area contributed by atoms with Crippen LogP contribution >= 0.6 is 15.6 Å². The summed E-state index contributed by atoms with van der Waals surface area (Å²) in [5.74, 6) is -2.26. The topological polar surface area (TPSA) is 237 Å². The van der Waals surface area contributed by atoms with Crippen LogP contribution in [0.25, 0.3) is 0 Å². The van der Waals surface area contributed by atoms with Gasteiger partial charge in [0, 0.05) is 25.7 Å². The van der Waals surface area contributed by atoms with Gasteiger partial charge in [0.1, 0.15) is 19.3 Å². The zero-order chi connectivity index (χ0) is 76.0. The lowest BCUT2D eigenvalue weighted by Gasteiger charge is -2.21. The van der Waals surface area contributed by atoms with Gasteiger partial charge in [0.2, 0.25) is 0 Å². The second kappa shape index (κ2) is 77.4. The third kappa shape index (κ3) is 76.4. The number of hydrogen-bond donors (Lipinski definition) is 3. The van der Waals surface area contributed by atoms with Crippen LogP contribution in [-0.2, 0) is 65.4 Å². The Morgan fingerprint density at radius 1 is 0.269 bits per heavy atom. The number of unbranched alkanes of at least 4 members (excludes halogenated alkanes) is 39. The van der Waals surface area contributed by atoms with Gasteiger partial charge in [-0.2, -0.15) is 0 Å². The Balaban J connectivity index is 5.42. The van der Waals surface area contributed by atoms with Crippen molar-refractivity contribution in [3.8, 4) is 0 Å². The van der Waals surface area contributed by atoms with Crippen LogP contribution in [0.2, 0.25) is 0 Å². The molecular formula is C85H152O17P2. The van der Waals surface area contributed by atoms with Crippen LogP contribution in [-0.4, -0.2) is 96.7 Å². The maximum Gasteiger partial charge on any atom is 0.472 e. The van der Waals surface area contributed by atoms with Crippen molar-refractivity contribution < 1.29 is 80.2 Å². The van der Waals surface area contributed by atoms with Gasteiger partial charge in [-0.25, -0.2) is 9.13 Å². The first-order valence-electron chi connectivity index (χ1n) is 41.8. The maximum absolute atomic E-state index is 13.1. The lowest BCUT2D eigenvalue weighted by atomic mass is 10.0. The van der Waals surface area contributed by atoms with E-state index in [0.29, 0.717) is 32.1 Å². The van der Waals surface area contributed by atoms with Gasteiger partial charge in [0.25, 0.3) is 0 Å². The van der Waals surface area contributed by atoms with E-state index in [9.17, 15) is 43.2 Å². The summed E-state index contributed by atoms with van der Waals surface area (Å²) in [5.41, 5.74) is 0. The third-order valence-electron chi connectivity index (χ3n) is 17.8. The second-order valence-corrected chi connectivity index (χ2v) is 31.0. The highest BCUT2D eigenvalue weighted by molar-refractivity contribution is 7.47. The van der Waals surface area contributed by atoms with Gasteiger partial charge in [0.15, 0.2) is 12.2 Å². The Kier molecular flexibility index (Phi) is 74.6. The number of aliphatic hydroxyl groups is 1. The molecule has 19 heteroatoms. The quantitative estimate of drug-likeness (QED) is 0.0169. The van der Waals surface area contributed by atoms with Crippen LogP contribution in [0.1, 0.15) is 374 Å². The fraction of sp³-hybridized carbons (Fsp3) is 0.788. The molecule has 0 aliphatic heterocycles. The molecule has 0 bridgehead atoms. The number of rotatable bonds is 79. The Hall–Kier alpha value is -3.76. The van der Waals surface area contributed by atoms with E-state index in [1.165, 1.54) is 167 Å². The minimum atomic E-state index is -5.00. The van der Waals surface area contributed by atoms with E-state index in [4.69, 9.17) is 37.0 Å². The largest absolute Gasteiger partial charge is 0.472 e. The molecule has 0 aromatic rings. The minimum Gasteiger partial charge on any atom is -0.462 e. The number of phosphoric ester groups is 2. The maximum atomic E-state index is 13.1. The summed E-state index contributed by atoms with van der Waals surface area (Å²) >= 11 is 0. The minimum absolute atomic E-state index is 0.0284. The predicted octanol–water partition coefficient (Wildman–Crippen LogP) is 24.6. The van der Waals surface area contributed by atoms with E-state index in [0.717, 1.165) is 122 Å². The number of hydrogen-bond acceptors (Lipinski definition) is 15. The second-order valence-electron chi connectivity index (χ2n) is 28.1. The predicted molar refractivity (Wildman–Crippen MR) is 427 cm³/mol. The molecule has 0 heterocycles. The highest BCUT2D eigenvalue weighted by Crippen LogP contribution is 2.45. The van der Waals surface area contributed by atoms with Crippen LogP contribution in [0.4, 0.5) is 0 Å². The number of carbonyl (C=O) groups is 4. The molecule has 0 radical (unpaired) electrons. The number of carbonyl (C=O) groups excluding carboxylic acids is 4. The van der Waals surface area contributed by atoms with Crippen molar-refractivity contribution in [2.24, 2.45) is 0 Å². The van der Waals surface area contributed by atoms with E-state index in [1.54, 1.807) is 0 Å². The molecule has 0 amide bonds. The first kappa shape index (κ1) is 100. The van der Waals surface area contributed by atoms with Crippen molar-refractivity contribution in [2.75, 3.05) is 39.6 Å². The lowest BCUT2D eigenvalue weighted by Crippen LogP contribution is -2.30. The lowest BCUT2D eigenvalue weighted by molar-refractivity contribution is -0.161. The van der Waals surface area contributed by atoms with E-state index in [-0.39, 0.29) is 25.7 Å². The first-order chi connectivity index (χ1) is 50.7. The molecule has 0 saturated carbocycles. The Bertz CT molecular complexity index is 2300. The molecule has 17 nitrogen and oxygen atoms in total. The highest BCUT2D eigenvalue weighted by atomic mass is 31.2. The molecule has 5 atom stereocenters. The summed E-state index contributed by atoms with van der Waals surface area (Å²) in [4.78, 5) is 73.1. The number of ether oxygens (including phenoxy) is 4. The molecule has 3 N–H and O–H groups in total. The van der Waals surface area contributed by atoms with Crippen molar-refractivity contribution in [2.45, 2.75) is 393 Å². The summed E-state index contributed by atoms with van der Waals surface area (Å²) in [6.07, 6.45) is 81.4. The zero-order valence-electron chi connectivity index (χ0n) is 66.2. The van der Waals surface area contributed by atoms with Crippen LogP contribution in [0, 0.1) is 0 Å². The van der Waals surface area contributed by atoms with Crippen molar-refractivity contribution >= 4 is 39.5 Å². The number of esters is 4. The van der Waals surface area contributed by atoms with E-state index in [2.05, 4.69) is 94.5 Å². The van der Waals surface area contributed by atoms with Crippen LogP contribution in [0.5, 0.6) is 0 Å². The monoisotopic (exact) mass is 1510 g/mol. The Morgan fingerprint density at radius 3 is 0.808 bits per heavy atom. The standard InChI is InChI=1S/C85H152O17P2/c1-5-9-13-17-21-25-29-33-37-38-39-40-44-48-52-56-60-64-68-72-85(90)102-81(76-96-83(88)70-66-62-58-54-50-46-42-35-31-27-23-19-15-11-7-3)78-100-104(93,94)98-74-79(86)73-97-103(91,92)99-77-80(101-84(89)71-67-63-59-55-51-47-43-36-32-28-24-20-16-12-8-4)75-95-82(87)69-65-61-57-53-49-45-41-34-30-26-22-18-14-10-6-2/h21,25,33,35-37,39-40,42-43,48,52,60,64,79-81,86H,5-20,22-24,26-32,34,38,41,44-47,49-51,53-59,61-63,65-78H2,1-4H3,(H,91,92)(H,93,94)/b25-21-,37-33-,40-39-,42-35-,43-36-,52-48-,64-60-/t79-,80+,81+/m0/s1. The molecule has 2 unspecified atom stereocenters. The van der Waals surface area contributed by atoms with E-state index in [1.807, 2.05) is 18.2 Å². The summed E-state index contributed by atoms with van der Waals surface area (Å²) in [6.45, 7) is 4.81. The molecular weight excluding hydrogens is 1350 g/mol. The fourth-order valence-electron chi connectivity index (χ4n) is 11.4. The van der Waals surface area contributed by atoms with Gasteiger partial charge >= 0.3 is 39.5 Å². The number of allylic oxidation sites excluding steroid dienone is 14. The zero-order valence-corrected chi connectivity index (χ0v) is 68.0. The summed E-state index contributed by atoms with van der Waals surface area (Å²) < 4.78 is 68.6. The van der Waals surface area contributed by atoms with Gasteiger partial charge in [-0.3, -0.25) is 37.3 Å². The molecule has 0 aliphatic rings. The van der Waals surface area contributed by atoms with Gasteiger partial charge in [-0.05, 0) is 116 Å². The number of aliphatic hydroxyl groups excluding tert-OH is 1. The Labute approximate surface area is 634 Å². The molecule has 0 fully saturated rings.